The van der Waals surface area contributed by atoms with Crippen LogP contribution in [0.25, 0.3) is 11.3 Å². The number of halogens is 1. The Morgan fingerprint density at radius 2 is 1.90 bits per heavy atom. The third-order valence-electron chi connectivity index (χ3n) is 2.64. The van der Waals surface area contributed by atoms with Gasteiger partial charge in [0, 0.05) is 17.0 Å². The molecule has 20 heavy (non-hydrogen) atoms. The second-order valence-electron chi connectivity index (χ2n) is 4.16. The van der Waals surface area contributed by atoms with Crippen LogP contribution in [-0.2, 0) is 11.2 Å². The number of nitrogens with two attached hydrogens (primary N) is 1. The lowest BCUT2D eigenvalue weighted by atomic mass is 10.2. The highest BCUT2D eigenvalue weighted by Crippen LogP contribution is 2.24. The molecule has 1 heterocycles. The molecule has 0 spiro atoms. The van der Waals surface area contributed by atoms with Gasteiger partial charge < -0.3 is 4.42 Å². The summed E-state index contributed by atoms with van der Waals surface area (Å²) in [5, 5.41) is 0.751. The monoisotopic (exact) mass is 294 g/mol. The molecule has 4 nitrogen and oxygen atoms in total. The molecule has 0 bridgehead atoms. The summed E-state index contributed by atoms with van der Waals surface area (Å²) in [6, 6.07) is 11.8. The summed E-state index contributed by atoms with van der Waals surface area (Å²) in [4.78, 5) is 8.94. The van der Waals surface area contributed by atoms with Gasteiger partial charge in [0.25, 0.3) is 0 Å². The number of nitrogens with one attached hydrogen (secondary N) is 1. The van der Waals surface area contributed by atoms with E-state index in [0.29, 0.717) is 6.41 Å². The van der Waals surface area contributed by atoms with Crippen LogP contribution in [0.3, 0.4) is 0 Å². The number of hydrogen-bond donors (Lipinski definition) is 2. The lowest BCUT2D eigenvalue weighted by molar-refractivity contribution is -0.109. The van der Waals surface area contributed by atoms with E-state index in [2.05, 4.69) is 18.8 Å². The number of rotatable bonds is 5. The molecular weight excluding hydrogens is 276 g/mol. The Hall–Kier alpha value is -1.78. The molecule has 0 radical (unpaired) electrons. The molecule has 2 rings (SSSR count). The minimum absolute atomic E-state index is 0.403. The lowest BCUT2D eigenvalue weighted by Crippen LogP contribution is -2.18. The number of benzene rings is 1. The molecule has 0 atom stereocenters. The van der Waals surface area contributed by atoms with Crippen molar-refractivity contribution < 1.29 is 9.21 Å². The SMILES string of the molecule is CCCCc1ccc(-c2ccc(Cl)cc2)o1.NNC=O. The number of amides is 1. The third kappa shape index (κ3) is 5.47. The largest absolute Gasteiger partial charge is 0.461 e. The minimum Gasteiger partial charge on any atom is -0.461 e. The predicted octanol–water partition coefficient (Wildman–Crippen LogP) is 3.55. The topological polar surface area (TPSA) is 68.3 Å². The highest BCUT2D eigenvalue weighted by Gasteiger charge is 2.04. The molecule has 0 aliphatic carbocycles. The molecular formula is C15H19ClN2O2. The molecule has 0 fully saturated rings. The van der Waals surface area contributed by atoms with Crippen LogP contribution in [-0.4, -0.2) is 6.41 Å². The fraction of sp³-hybridized carbons (Fsp3) is 0.267. The van der Waals surface area contributed by atoms with Gasteiger partial charge in [0.05, 0.1) is 0 Å². The quantitative estimate of drug-likeness (QED) is 0.383. The first-order chi connectivity index (χ1) is 9.71. The van der Waals surface area contributed by atoms with Gasteiger partial charge in [-0.15, -0.1) is 0 Å². The van der Waals surface area contributed by atoms with E-state index >= 15 is 0 Å². The van der Waals surface area contributed by atoms with E-state index in [1.54, 1.807) is 5.43 Å². The number of unbranched alkanes of at least 4 members (excludes halogenated alkanes) is 1. The van der Waals surface area contributed by atoms with Crippen molar-refractivity contribution in [2.75, 3.05) is 0 Å². The van der Waals surface area contributed by atoms with Crippen molar-refractivity contribution in [3.63, 3.8) is 0 Å². The first-order valence-electron chi connectivity index (χ1n) is 6.45. The second kappa shape index (κ2) is 9.18. The van der Waals surface area contributed by atoms with Crippen LogP contribution in [0, 0.1) is 0 Å². The zero-order valence-corrected chi connectivity index (χ0v) is 12.2. The van der Waals surface area contributed by atoms with E-state index in [4.69, 9.17) is 20.8 Å². The number of furan rings is 1. The molecule has 108 valence electrons. The number of carbonyl (C=O) groups excluding carboxylic acids is 1. The van der Waals surface area contributed by atoms with Gasteiger partial charge in [-0.05, 0) is 42.8 Å². The standard InChI is InChI=1S/C14H15ClO.CH4N2O/c1-2-3-4-13-9-10-14(16-13)11-5-7-12(15)8-6-11;2-3-1-4/h5-10H,2-4H2,1H3;1H,2H2,(H,3,4). The lowest BCUT2D eigenvalue weighted by Gasteiger charge is -1.97. The summed E-state index contributed by atoms with van der Waals surface area (Å²) >= 11 is 5.84. The smallest absolute Gasteiger partial charge is 0.221 e. The molecule has 1 amide bonds. The Labute approximate surface area is 123 Å². The summed E-state index contributed by atoms with van der Waals surface area (Å²) in [7, 11) is 0. The van der Waals surface area contributed by atoms with Crippen molar-refractivity contribution in [3.05, 3.63) is 47.2 Å². The molecule has 0 saturated carbocycles. The molecule has 1 aromatic carbocycles. The summed E-state index contributed by atoms with van der Waals surface area (Å²) in [6.07, 6.45) is 3.79. The van der Waals surface area contributed by atoms with Gasteiger partial charge in [-0.1, -0.05) is 24.9 Å². The van der Waals surface area contributed by atoms with Crippen molar-refractivity contribution in [3.8, 4) is 11.3 Å². The maximum atomic E-state index is 8.94. The van der Waals surface area contributed by atoms with Crippen molar-refractivity contribution >= 4 is 18.0 Å². The van der Waals surface area contributed by atoms with Gasteiger partial charge in [-0.2, -0.15) is 0 Å². The van der Waals surface area contributed by atoms with Crippen LogP contribution in [0.15, 0.2) is 40.8 Å². The number of aryl methyl sites for hydroxylation is 1. The van der Waals surface area contributed by atoms with Crippen LogP contribution in [0.1, 0.15) is 25.5 Å². The maximum Gasteiger partial charge on any atom is 0.221 e. The van der Waals surface area contributed by atoms with Gasteiger partial charge in [-0.25, -0.2) is 5.84 Å². The second-order valence-corrected chi connectivity index (χ2v) is 4.60. The fourth-order valence-electron chi connectivity index (χ4n) is 1.63. The van der Waals surface area contributed by atoms with E-state index < -0.39 is 0 Å². The summed E-state index contributed by atoms with van der Waals surface area (Å²) in [5.41, 5.74) is 2.83. The molecule has 3 N–H and O–H groups in total. The number of hydrazine groups is 1. The van der Waals surface area contributed by atoms with Crippen LogP contribution >= 0.6 is 11.6 Å². The average Bonchev–Trinajstić information content (AvgIpc) is 2.95. The zero-order chi connectivity index (χ0) is 14.8. The summed E-state index contributed by atoms with van der Waals surface area (Å²) in [6.45, 7) is 2.18. The Bertz CT molecular complexity index is 509. The molecule has 1 aromatic heterocycles. The van der Waals surface area contributed by atoms with Gasteiger partial charge in [-0.3, -0.25) is 10.2 Å². The van der Waals surface area contributed by atoms with Crippen LogP contribution in [0.2, 0.25) is 5.02 Å². The molecule has 0 aliphatic rings. The maximum absolute atomic E-state index is 8.94. The highest BCUT2D eigenvalue weighted by molar-refractivity contribution is 6.30. The number of hydrogen-bond acceptors (Lipinski definition) is 3. The van der Waals surface area contributed by atoms with E-state index in [1.165, 1.54) is 12.8 Å². The summed E-state index contributed by atoms with van der Waals surface area (Å²) < 4.78 is 5.77. The molecule has 0 aliphatic heterocycles. The highest BCUT2D eigenvalue weighted by atomic mass is 35.5. The average molecular weight is 295 g/mol. The van der Waals surface area contributed by atoms with Gasteiger partial charge >= 0.3 is 0 Å². The Morgan fingerprint density at radius 1 is 1.25 bits per heavy atom. The van der Waals surface area contributed by atoms with Crippen LogP contribution < -0.4 is 11.3 Å². The molecule has 2 aromatic rings. The van der Waals surface area contributed by atoms with E-state index in [-0.39, 0.29) is 0 Å². The fourth-order valence-corrected chi connectivity index (χ4v) is 1.76. The Balaban J connectivity index is 0.000000444. The predicted molar refractivity (Wildman–Crippen MR) is 81.2 cm³/mol. The first kappa shape index (κ1) is 16.3. The van der Waals surface area contributed by atoms with Crippen LogP contribution in [0.5, 0.6) is 0 Å². The third-order valence-corrected chi connectivity index (χ3v) is 2.89. The van der Waals surface area contributed by atoms with E-state index in [9.17, 15) is 0 Å². The Kier molecular flexibility index (Phi) is 7.47. The molecule has 5 heteroatoms. The normalized spacial score (nSPS) is 9.55. The van der Waals surface area contributed by atoms with Gasteiger partial charge in [0.1, 0.15) is 11.5 Å². The van der Waals surface area contributed by atoms with Crippen molar-refractivity contribution in [1.82, 2.24) is 5.43 Å². The van der Waals surface area contributed by atoms with Crippen molar-refractivity contribution in [2.24, 2.45) is 5.84 Å². The van der Waals surface area contributed by atoms with Crippen molar-refractivity contribution in [1.29, 1.82) is 0 Å². The van der Waals surface area contributed by atoms with E-state index in [1.807, 2.05) is 30.3 Å². The van der Waals surface area contributed by atoms with Gasteiger partial charge in [0.2, 0.25) is 6.41 Å². The molecule has 0 saturated heterocycles. The number of carbonyl (C=O) groups is 1. The summed E-state index contributed by atoms with van der Waals surface area (Å²) in [5.74, 6) is 6.39. The Morgan fingerprint density at radius 3 is 2.45 bits per heavy atom. The van der Waals surface area contributed by atoms with Crippen molar-refractivity contribution in [2.45, 2.75) is 26.2 Å². The first-order valence-corrected chi connectivity index (χ1v) is 6.83. The van der Waals surface area contributed by atoms with E-state index in [0.717, 1.165) is 28.5 Å². The minimum atomic E-state index is 0.403. The zero-order valence-electron chi connectivity index (χ0n) is 11.4. The molecule has 0 unspecified atom stereocenters. The van der Waals surface area contributed by atoms with Gasteiger partial charge in [0.15, 0.2) is 0 Å². The van der Waals surface area contributed by atoms with Crippen LogP contribution in [0.4, 0.5) is 0 Å².